The Bertz CT molecular complexity index is 297. The van der Waals surface area contributed by atoms with Crippen molar-refractivity contribution in [2.24, 2.45) is 5.92 Å². The zero-order valence-corrected chi connectivity index (χ0v) is 10.1. The van der Waals surface area contributed by atoms with E-state index >= 15 is 0 Å². The van der Waals surface area contributed by atoms with Crippen LogP contribution < -0.4 is 0 Å². The fraction of sp³-hybridized carbons (Fsp3) is 0.667. The Kier molecular flexibility index (Phi) is 5.69. The smallest absolute Gasteiger partial charge is 0.349 e. The van der Waals surface area contributed by atoms with Crippen molar-refractivity contribution in [2.45, 2.75) is 47.1 Å². The third-order valence-corrected chi connectivity index (χ3v) is 2.46. The van der Waals surface area contributed by atoms with Crippen molar-refractivity contribution in [3.05, 3.63) is 11.1 Å². The molecular weight excluding hydrogens is 190 g/mol. The van der Waals surface area contributed by atoms with Crippen LogP contribution in [-0.4, -0.2) is 12.1 Å². The molecule has 0 aromatic rings. The van der Waals surface area contributed by atoms with E-state index in [4.69, 9.17) is 10.00 Å². The van der Waals surface area contributed by atoms with Crippen molar-refractivity contribution in [1.29, 1.82) is 5.26 Å². The molecule has 0 aromatic carbocycles. The summed E-state index contributed by atoms with van der Waals surface area (Å²) in [6, 6.07) is 1.92. The number of nitriles is 1. The third-order valence-electron chi connectivity index (χ3n) is 2.46. The van der Waals surface area contributed by atoms with E-state index in [0.29, 0.717) is 0 Å². The lowest BCUT2D eigenvalue weighted by atomic mass is 10.00. The van der Waals surface area contributed by atoms with Gasteiger partial charge in [0.15, 0.2) is 0 Å². The van der Waals surface area contributed by atoms with Crippen LogP contribution in [0.25, 0.3) is 0 Å². The molecule has 0 aromatic heterocycles. The number of rotatable bonds is 4. The van der Waals surface area contributed by atoms with Crippen LogP contribution in [0.1, 0.15) is 41.0 Å². The number of ether oxygens (including phenoxy) is 1. The Morgan fingerprint density at radius 1 is 1.40 bits per heavy atom. The molecule has 15 heavy (non-hydrogen) atoms. The highest BCUT2D eigenvalue weighted by molar-refractivity contribution is 5.93. The maximum absolute atomic E-state index is 11.6. The van der Waals surface area contributed by atoms with Crippen LogP contribution >= 0.6 is 0 Å². The summed E-state index contributed by atoms with van der Waals surface area (Å²) in [7, 11) is 0. The van der Waals surface area contributed by atoms with Crippen LogP contribution in [0.2, 0.25) is 0 Å². The molecule has 0 radical (unpaired) electrons. The van der Waals surface area contributed by atoms with Crippen molar-refractivity contribution < 1.29 is 9.53 Å². The molecule has 0 N–H and O–H groups in total. The van der Waals surface area contributed by atoms with Crippen LogP contribution in [0.3, 0.4) is 0 Å². The van der Waals surface area contributed by atoms with Gasteiger partial charge in [0.05, 0.1) is 6.10 Å². The number of hydrogen-bond donors (Lipinski definition) is 0. The van der Waals surface area contributed by atoms with Crippen LogP contribution in [-0.2, 0) is 9.53 Å². The van der Waals surface area contributed by atoms with E-state index in [1.807, 2.05) is 33.8 Å². The topological polar surface area (TPSA) is 50.1 Å². The summed E-state index contributed by atoms with van der Waals surface area (Å²) >= 11 is 0. The first-order valence-corrected chi connectivity index (χ1v) is 5.25. The van der Waals surface area contributed by atoms with E-state index in [-0.39, 0.29) is 17.6 Å². The third kappa shape index (κ3) is 4.16. The first-order valence-electron chi connectivity index (χ1n) is 5.25. The van der Waals surface area contributed by atoms with Crippen LogP contribution in [0.4, 0.5) is 0 Å². The van der Waals surface area contributed by atoms with Gasteiger partial charge < -0.3 is 4.74 Å². The molecule has 0 amide bonds. The Morgan fingerprint density at radius 3 is 2.27 bits per heavy atom. The molecule has 0 aliphatic rings. The van der Waals surface area contributed by atoms with Crippen LogP contribution in [0.15, 0.2) is 11.1 Å². The van der Waals surface area contributed by atoms with Crippen molar-refractivity contribution in [1.82, 2.24) is 0 Å². The van der Waals surface area contributed by atoms with E-state index in [1.54, 1.807) is 6.92 Å². The maximum Gasteiger partial charge on any atom is 0.349 e. The molecule has 0 aliphatic heterocycles. The number of nitrogens with zero attached hydrogens (tertiary/aromatic N) is 1. The zero-order chi connectivity index (χ0) is 12.0. The van der Waals surface area contributed by atoms with Gasteiger partial charge in [-0.3, -0.25) is 0 Å². The normalized spacial score (nSPS) is 14.2. The standard InChI is InChI=1S/C12H19NO2/c1-6-9(4)15-12(14)11(7-13)10(5)8(2)3/h8-9H,6H2,1-5H3/b11-10+. The summed E-state index contributed by atoms with van der Waals surface area (Å²) in [6.07, 6.45) is 0.617. The lowest BCUT2D eigenvalue weighted by molar-refractivity contribution is -0.143. The van der Waals surface area contributed by atoms with Gasteiger partial charge >= 0.3 is 5.97 Å². The first kappa shape index (κ1) is 13.7. The average Bonchev–Trinajstić information content (AvgIpc) is 2.18. The number of allylic oxidation sites excluding steroid dienone is 1. The average molecular weight is 209 g/mol. The van der Waals surface area contributed by atoms with Gasteiger partial charge in [-0.25, -0.2) is 4.79 Å². The van der Waals surface area contributed by atoms with Gasteiger partial charge in [0.25, 0.3) is 0 Å². The second-order valence-corrected chi connectivity index (χ2v) is 3.95. The monoisotopic (exact) mass is 209 g/mol. The van der Waals surface area contributed by atoms with Crippen molar-refractivity contribution in [3.8, 4) is 6.07 Å². The molecule has 0 fully saturated rings. The molecule has 0 saturated carbocycles. The molecule has 3 nitrogen and oxygen atoms in total. The molecule has 0 aliphatic carbocycles. The minimum atomic E-state index is -0.502. The summed E-state index contributed by atoms with van der Waals surface area (Å²) in [6.45, 7) is 9.44. The van der Waals surface area contributed by atoms with Gasteiger partial charge in [-0.1, -0.05) is 20.8 Å². The quantitative estimate of drug-likeness (QED) is 0.406. The largest absolute Gasteiger partial charge is 0.459 e. The van der Waals surface area contributed by atoms with Crippen LogP contribution in [0.5, 0.6) is 0 Å². The second-order valence-electron chi connectivity index (χ2n) is 3.95. The van der Waals surface area contributed by atoms with E-state index in [0.717, 1.165) is 12.0 Å². The predicted molar refractivity (Wildman–Crippen MR) is 59.0 cm³/mol. The Hall–Kier alpha value is -1.30. The van der Waals surface area contributed by atoms with E-state index < -0.39 is 5.97 Å². The van der Waals surface area contributed by atoms with Gasteiger partial charge in [-0.15, -0.1) is 0 Å². The van der Waals surface area contributed by atoms with Gasteiger partial charge in [0, 0.05) is 0 Å². The van der Waals surface area contributed by atoms with E-state index in [2.05, 4.69) is 0 Å². The predicted octanol–water partition coefficient (Wildman–Crippen LogP) is 2.82. The molecule has 0 heterocycles. The van der Waals surface area contributed by atoms with E-state index in [9.17, 15) is 4.79 Å². The molecular formula is C12H19NO2. The lowest BCUT2D eigenvalue weighted by Gasteiger charge is -2.12. The molecule has 1 unspecified atom stereocenters. The van der Waals surface area contributed by atoms with E-state index in [1.165, 1.54) is 0 Å². The summed E-state index contributed by atoms with van der Waals surface area (Å²) in [4.78, 5) is 11.6. The van der Waals surface area contributed by atoms with Crippen molar-refractivity contribution >= 4 is 5.97 Å². The SMILES string of the molecule is CCC(C)OC(=O)/C(C#N)=C(\C)C(C)C. The first-order chi connectivity index (χ1) is 6.93. The maximum atomic E-state index is 11.6. The Labute approximate surface area is 91.7 Å². The summed E-state index contributed by atoms with van der Waals surface area (Å²) in [5, 5.41) is 8.89. The van der Waals surface area contributed by atoms with Crippen LogP contribution in [0, 0.1) is 17.2 Å². The molecule has 0 rings (SSSR count). The Balaban J connectivity index is 4.79. The van der Waals surface area contributed by atoms with Gasteiger partial charge in [0.2, 0.25) is 0 Å². The molecule has 3 heteroatoms. The number of carbonyl (C=O) groups excluding carboxylic acids is 1. The highest BCUT2D eigenvalue weighted by atomic mass is 16.5. The van der Waals surface area contributed by atoms with Gasteiger partial charge in [0.1, 0.15) is 11.6 Å². The van der Waals surface area contributed by atoms with Gasteiger partial charge in [-0.2, -0.15) is 5.26 Å². The molecule has 0 bridgehead atoms. The highest BCUT2D eigenvalue weighted by Crippen LogP contribution is 2.15. The number of carbonyl (C=O) groups is 1. The minimum Gasteiger partial charge on any atom is -0.459 e. The van der Waals surface area contributed by atoms with Crippen molar-refractivity contribution in [3.63, 3.8) is 0 Å². The van der Waals surface area contributed by atoms with Crippen molar-refractivity contribution in [2.75, 3.05) is 0 Å². The molecule has 0 spiro atoms. The minimum absolute atomic E-state index is 0.138. The molecule has 84 valence electrons. The summed E-state index contributed by atoms with van der Waals surface area (Å²) < 4.78 is 5.10. The molecule has 1 atom stereocenters. The molecule has 0 saturated heterocycles. The second kappa shape index (κ2) is 6.23. The zero-order valence-electron chi connectivity index (χ0n) is 10.1. The number of esters is 1. The number of hydrogen-bond acceptors (Lipinski definition) is 3. The lowest BCUT2D eigenvalue weighted by Crippen LogP contribution is -2.17. The summed E-state index contributed by atoms with van der Waals surface area (Å²) in [5.41, 5.74) is 0.927. The summed E-state index contributed by atoms with van der Waals surface area (Å²) in [5.74, 6) is -0.317. The van der Waals surface area contributed by atoms with Gasteiger partial charge in [-0.05, 0) is 31.8 Å². The fourth-order valence-corrected chi connectivity index (χ4v) is 0.908. The fourth-order valence-electron chi connectivity index (χ4n) is 0.908. The Morgan fingerprint density at radius 2 is 1.93 bits per heavy atom. The highest BCUT2D eigenvalue weighted by Gasteiger charge is 2.17.